The summed E-state index contributed by atoms with van der Waals surface area (Å²) in [6.07, 6.45) is 1.72. The molecule has 0 aliphatic rings. The molecule has 30 heavy (non-hydrogen) atoms. The molecule has 0 amide bonds. The van der Waals surface area contributed by atoms with Crippen LogP contribution in [0.5, 0.6) is 11.5 Å². The van der Waals surface area contributed by atoms with Crippen molar-refractivity contribution < 1.29 is 14.3 Å². The van der Waals surface area contributed by atoms with Crippen molar-refractivity contribution in [3.05, 3.63) is 86.7 Å². The molecule has 0 unspecified atom stereocenters. The maximum atomic E-state index is 12.7. The summed E-state index contributed by atoms with van der Waals surface area (Å²) in [6.45, 7) is 0. The quantitative estimate of drug-likeness (QED) is 0.164. The first-order valence-corrected chi connectivity index (χ1v) is 10.9. The molecule has 0 bridgehead atoms. The predicted molar refractivity (Wildman–Crippen MR) is 126 cm³/mol. The largest absolute Gasteiger partial charge is 0.493 e. The minimum Gasteiger partial charge on any atom is -0.493 e. The Morgan fingerprint density at radius 2 is 1.83 bits per heavy atom. The Hall–Kier alpha value is -2.67. The van der Waals surface area contributed by atoms with Crippen molar-refractivity contribution >= 4 is 66.8 Å². The predicted octanol–water partition coefficient (Wildman–Crippen LogP) is 7.30. The molecule has 0 spiro atoms. The van der Waals surface area contributed by atoms with Crippen molar-refractivity contribution in [3.63, 3.8) is 0 Å². The lowest BCUT2D eigenvalue weighted by Gasteiger charge is -2.09. The van der Waals surface area contributed by atoms with Gasteiger partial charge in [-0.2, -0.15) is 0 Å². The highest BCUT2D eigenvalue weighted by molar-refractivity contribution is 9.10. The third-order valence-electron chi connectivity index (χ3n) is 4.30. The number of esters is 1. The molecule has 150 valence electrons. The van der Waals surface area contributed by atoms with E-state index >= 15 is 0 Å². The smallest absolute Gasteiger partial charge is 0.355 e. The SMILES string of the molecule is COc1cc(C=Nc2ccc(Br)cc2)ccc1OC(=O)c1sc2ccccc2c1Cl. The van der Waals surface area contributed by atoms with Crippen LogP contribution in [-0.4, -0.2) is 19.3 Å². The number of halogens is 2. The first-order chi connectivity index (χ1) is 14.5. The number of nitrogens with zero attached hydrogens (tertiary/aromatic N) is 1. The molecular weight excluding hydrogens is 486 g/mol. The molecule has 0 radical (unpaired) electrons. The summed E-state index contributed by atoms with van der Waals surface area (Å²) in [5, 5.41) is 1.24. The number of fused-ring (bicyclic) bond motifs is 1. The van der Waals surface area contributed by atoms with Gasteiger partial charge < -0.3 is 9.47 Å². The lowest BCUT2D eigenvalue weighted by Crippen LogP contribution is -2.08. The number of carbonyl (C=O) groups excluding carboxylic acids is 1. The molecule has 4 aromatic rings. The van der Waals surface area contributed by atoms with E-state index in [1.807, 2.05) is 48.5 Å². The van der Waals surface area contributed by atoms with Gasteiger partial charge in [-0.3, -0.25) is 4.99 Å². The van der Waals surface area contributed by atoms with Gasteiger partial charge in [0.1, 0.15) is 4.88 Å². The highest BCUT2D eigenvalue weighted by Crippen LogP contribution is 2.37. The van der Waals surface area contributed by atoms with E-state index in [-0.39, 0.29) is 0 Å². The lowest BCUT2D eigenvalue weighted by atomic mass is 10.2. The number of ether oxygens (including phenoxy) is 2. The summed E-state index contributed by atoms with van der Waals surface area (Å²) in [6, 6.07) is 20.5. The third kappa shape index (κ3) is 4.41. The number of benzene rings is 3. The summed E-state index contributed by atoms with van der Waals surface area (Å²) >= 11 is 11.1. The standard InChI is InChI=1S/C23H15BrClNO3S/c1-28-19-12-14(13-26-16-9-7-15(24)8-10-16)6-11-18(19)29-23(27)22-21(25)17-4-2-3-5-20(17)30-22/h2-13H,1H3. The van der Waals surface area contributed by atoms with Crippen LogP contribution >= 0.6 is 38.9 Å². The molecule has 0 N–H and O–H groups in total. The Balaban J connectivity index is 1.56. The maximum absolute atomic E-state index is 12.7. The van der Waals surface area contributed by atoms with Crippen LogP contribution in [0.1, 0.15) is 15.2 Å². The Morgan fingerprint density at radius 1 is 1.07 bits per heavy atom. The van der Waals surface area contributed by atoms with E-state index in [9.17, 15) is 4.79 Å². The number of methoxy groups -OCH3 is 1. The molecule has 0 saturated carbocycles. The lowest BCUT2D eigenvalue weighted by molar-refractivity contribution is 0.0735. The first kappa shape index (κ1) is 20.6. The highest BCUT2D eigenvalue weighted by atomic mass is 79.9. The molecule has 1 aromatic heterocycles. The second-order valence-electron chi connectivity index (χ2n) is 6.28. The van der Waals surface area contributed by atoms with Crippen LogP contribution in [0, 0.1) is 0 Å². The minimum absolute atomic E-state index is 0.316. The molecule has 7 heteroatoms. The average molecular weight is 501 g/mol. The van der Waals surface area contributed by atoms with Gasteiger partial charge in [-0.1, -0.05) is 45.7 Å². The molecule has 4 rings (SSSR count). The van der Waals surface area contributed by atoms with Gasteiger partial charge in [-0.05, 0) is 54.1 Å². The monoisotopic (exact) mass is 499 g/mol. The second-order valence-corrected chi connectivity index (χ2v) is 8.62. The summed E-state index contributed by atoms with van der Waals surface area (Å²) in [4.78, 5) is 17.5. The Kier molecular flexibility index (Phi) is 6.18. The van der Waals surface area contributed by atoms with Crippen LogP contribution < -0.4 is 9.47 Å². The molecule has 0 fully saturated rings. The number of thiophene rings is 1. The van der Waals surface area contributed by atoms with E-state index in [0.717, 1.165) is 25.8 Å². The van der Waals surface area contributed by atoms with E-state index in [2.05, 4.69) is 20.9 Å². The van der Waals surface area contributed by atoms with Crippen LogP contribution in [-0.2, 0) is 0 Å². The second kappa shape index (κ2) is 9.00. The topological polar surface area (TPSA) is 47.9 Å². The van der Waals surface area contributed by atoms with Crippen LogP contribution in [0.3, 0.4) is 0 Å². The van der Waals surface area contributed by atoms with Gasteiger partial charge in [0.05, 0.1) is 17.8 Å². The molecule has 0 atom stereocenters. The average Bonchev–Trinajstić information content (AvgIpc) is 3.11. The van der Waals surface area contributed by atoms with Gasteiger partial charge in [0.15, 0.2) is 11.5 Å². The van der Waals surface area contributed by atoms with Crippen LogP contribution in [0.15, 0.2) is 76.2 Å². The maximum Gasteiger partial charge on any atom is 0.355 e. The molecule has 3 aromatic carbocycles. The number of hydrogen-bond acceptors (Lipinski definition) is 5. The summed E-state index contributed by atoms with van der Waals surface area (Å²) in [5.41, 5.74) is 1.64. The minimum atomic E-state index is -0.518. The zero-order valence-corrected chi connectivity index (χ0v) is 18.9. The van der Waals surface area contributed by atoms with E-state index in [1.54, 1.807) is 24.4 Å². The number of aliphatic imine (C=N–C) groups is 1. The Labute approximate surface area is 190 Å². The summed E-state index contributed by atoms with van der Waals surface area (Å²) in [5.74, 6) is 0.230. The summed E-state index contributed by atoms with van der Waals surface area (Å²) in [7, 11) is 1.52. The van der Waals surface area contributed by atoms with E-state index < -0.39 is 5.97 Å². The van der Waals surface area contributed by atoms with Gasteiger partial charge in [-0.25, -0.2) is 4.79 Å². The zero-order chi connectivity index (χ0) is 21.1. The molecule has 0 saturated heterocycles. The fraction of sp³-hybridized carbons (Fsp3) is 0.0435. The van der Waals surface area contributed by atoms with E-state index in [0.29, 0.717) is 21.4 Å². The van der Waals surface area contributed by atoms with Crippen molar-refractivity contribution in [2.75, 3.05) is 7.11 Å². The van der Waals surface area contributed by atoms with Gasteiger partial charge in [-0.15, -0.1) is 11.3 Å². The third-order valence-corrected chi connectivity index (χ3v) is 6.48. The van der Waals surface area contributed by atoms with Crippen molar-refractivity contribution in [1.82, 2.24) is 0 Å². The van der Waals surface area contributed by atoms with Crippen molar-refractivity contribution in [2.45, 2.75) is 0 Å². The van der Waals surface area contributed by atoms with Crippen molar-refractivity contribution in [1.29, 1.82) is 0 Å². The van der Waals surface area contributed by atoms with E-state index in [4.69, 9.17) is 21.1 Å². The van der Waals surface area contributed by atoms with Crippen molar-refractivity contribution in [2.24, 2.45) is 4.99 Å². The van der Waals surface area contributed by atoms with Gasteiger partial charge >= 0.3 is 5.97 Å². The fourth-order valence-corrected chi connectivity index (χ4v) is 4.47. The number of hydrogen-bond donors (Lipinski definition) is 0. The molecule has 1 heterocycles. The van der Waals surface area contributed by atoms with Crippen LogP contribution in [0.25, 0.3) is 10.1 Å². The zero-order valence-electron chi connectivity index (χ0n) is 15.8. The molecule has 0 aliphatic heterocycles. The summed E-state index contributed by atoms with van der Waals surface area (Å²) < 4.78 is 12.9. The Bertz CT molecular complexity index is 1250. The highest BCUT2D eigenvalue weighted by Gasteiger charge is 2.20. The van der Waals surface area contributed by atoms with Crippen LogP contribution in [0.4, 0.5) is 5.69 Å². The molecule has 4 nitrogen and oxygen atoms in total. The van der Waals surface area contributed by atoms with E-state index in [1.165, 1.54) is 18.4 Å². The fourth-order valence-electron chi connectivity index (χ4n) is 2.82. The number of rotatable bonds is 5. The Morgan fingerprint density at radius 3 is 2.57 bits per heavy atom. The molecule has 0 aliphatic carbocycles. The first-order valence-electron chi connectivity index (χ1n) is 8.92. The van der Waals surface area contributed by atoms with Crippen molar-refractivity contribution in [3.8, 4) is 11.5 Å². The molecular formula is C23H15BrClNO3S. The van der Waals surface area contributed by atoms with Gasteiger partial charge in [0, 0.05) is 20.8 Å². The van der Waals surface area contributed by atoms with Gasteiger partial charge in [0.2, 0.25) is 0 Å². The van der Waals surface area contributed by atoms with Gasteiger partial charge in [0.25, 0.3) is 0 Å². The normalized spacial score (nSPS) is 11.2. The number of carbonyl (C=O) groups is 1. The van der Waals surface area contributed by atoms with Crippen LogP contribution in [0.2, 0.25) is 5.02 Å².